The molecule has 0 aromatic carbocycles. The van der Waals surface area contributed by atoms with E-state index >= 15 is 0 Å². The highest BCUT2D eigenvalue weighted by Gasteiger charge is 2.06. The number of carboxylic acid groups (broad SMARTS) is 1. The van der Waals surface area contributed by atoms with Crippen LogP contribution in [0.1, 0.15) is 25.0 Å². The average molecular weight is 254 g/mol. The Bertz CT molecular complexity index is 428. The maximum atomic E-state index is 11.5. The Morgan fingerprint density at radius 3 is 2.72 bits per heavy atom. The van der Waals surface area contributed by atoms with Crippen molar-refractivity contribution in [2.45, 2.75) is 26.2 Å². The van der Waals surface area contributed by atoms with Crippen molar-refractivity contribution in [1.29, 1.82) is 0 Å². The summed E-state index contributed by atoms with van der Waals surface area (Å²) in [5.41, 5.74) is 1.42. The fraction of sp³-hybridized carbons (Fsp3) is 0.545. The van der Waals surface area contributed by atoms with Crippen LogP contribution in [-0.4, -0.2) is 33.4 Å². The van der Waals surface area contributed by atoms with E-state index in [9.17, 15) is 9.59 Å². The lowest BCUT2D eigenvalue weighted by Gasteiger charge is -2.05. The lowest BCUT2D eigenvalue weighted by Crippen LogP contribution is -2.29. The number of nitrogens with one attached hydrogen (secondary N) is 2. The molecule has 0 fully saturated rings. The highest BCUT2D eigenvalue weighted by atomic mass is 16.4. The van der Waals surface area contributed by atoms with Gasteiger partial charge in [-0.15, -0.1) is 0 Å². The van der Waals surface area contributed by atoms with E-state index < -0.39 is 5.97 Å². The number of carbonyl (C=O) groups is 2. The smallest absolute Gasteiger partial charge is 0.319 e. The number of carboxylic acids is 1. The van der Waals surface area contributed by atoms with Crippen molar-refractivity contribution in [1.82, 2.24) is 15.1 Å². The van der Waals surface area contributed by atoms with E-state index in [0.29, 0.717) is 25.1 Å². The summed E-state index contributed by atoms with van der Waals surface area (Å²) in [6, 6.07) is -0.304. The normalized spacial score (nSPS) is 10.1. The van der Waals surface area contributed by atoms with Crippen molar-refractivity contribution >= 4 is 17.7 Å². The molecule has 0 bridgehead atoms. The molecule has 0 saturated carbocycles. The Labute approximate surface area is 105 Å². The van der Waals surface area contributed by atoms with Crippen LogP contribution in [0.4, 0.5) is 10.5 Å². The molecular formula is C11H18N4O3. The van der Waals surface area contributed by atoms with Crippen LogP contribution in [0, 0.1) is 6.92 Å². The zero-order chi connectivity index (χ0) is 13.5. The first-order chi connectivity index (χ1) is 8.49. The third kappa shape index (κ3) is 4.86. The molecule has 7 heteroatoms. The van der Waals surface area contributed by atoms with E-state index in [1.165, 1.54) is 0 Å². The lowest BCUT2D eigenvalue weighted by atomic mass is 10.2. The molecule has 1 heterocycles. The maximum absolute atomic E-state index is 11.5. The van der Waals surface area contributed by atoms with Gasteiger partial charge in [0.2, 0.25) is 0 Å². The number of hydrogen-bond donors (Lipinski definition) is 3. The van der Waals surface area contributed by atoms with Crippen LogP contribution in [0.3, 0.4) is 0 Å². The molecule has 0 unspecified atom stereocenters. The molecule has 100 valence electrons. The van der Waals surface area contributed by atoms with Gasteiger partial charge in [0.1, 0.15) is 0 Å². The van der Waals surface area contributed by atoms with E-state index in [4.69, 9.17) is 5.11 Å². The molecule has 0 aliphatic heterocycles. The van der Waals surface area contributed by atoms with Crippen LogP contribution in [-0.2, 0) is 11.8 Å². The molecule has 7 nitrogen and oxygen atoms in total. The van der Waals surface area contributed by atoms with E-state index in [1.807, 2.05) is 6.92 Å². The van der Waals surface area contributed by atoms with Crippen LogP contribution >= 0.6 is 0 Å². The van der Waals surface area contributed by atoms with Crippen LogP contribution < -0.4 is 10.6 Å². The summed E-state index contributed by atoms with van der Waals surface area (Å²) in [5.74, 6) is -0.814. The quantitative estimate of drug-likeness (QED) is 0.662. The van der Waals surface area contributed by atoms with Gasteiger partial charge in [-0.1, -0.05) is 0 Å². The molecule has 3 N–H and O–H groups in total. The molecule has 0 radical (unpaired) electrons. The minimum atomic E-state index is -0.814. The van der Waals surface area contributed by atoms with Gasteiger partial charge in [-0.3, -0.25) is 9.48 Å². The fourth-order valence-corrected chi connectivity index (χ4v) is 1.49. The number of amides is 2. The third-order valence-electron chi connectivity index (χ3n) is 2.36. The van der Waals surface area contributed by atoms with Crippen molar-refractivity contribution in [2.24, 2.45) is 7.05 Å². The van der Waals surface area contributed by atoms with Crippen molar-refractivity contribution in [3.8, 4) is 0 Å². The van der Waals surface area contributed by atoms with Gasteiger partial charge in [-0.25, -0.2) is 4.79 Å². The van der Waals surface area contributed by atoms with E-state index in [1.54, 1.807) is 17.9 Å². The van der Waals surface area contributed by atoms with Gasteiger partial charge in [-0.05, 0) is 19.8 Å². The number of carbonyl (C=O) groups excluding carboxylic acids is 1. The average Bonchev–Trinajstić information content (AvgIpc) is 2.56. The lowest BCUT2D eigenvalue weighted by molar-refractivity contribution is -0.137. The van der Waals surface area contributed by atoms with Gasteiger partial charge in [0.25, 0.3) is 0 Å². The molecule has 1 aromatic rings. The molecule has 2 amide bonds. The number of anilines is 1. The monoisotopic (exact) mass is 254 g/mol. The van der Waals surface area contributed by atoms with Crippen LogP contribution in [0.25, 0.3) is 0 Å². The maximum Gasteiger partial charge on any atom is 0.319 e. The number of hydrogen-bond acceptors (Lipinski definition) is 3. The molecule has 1 aromatic heterocycles. The molecule has 0 aliphatic rings. The zero-order valence-electron chi connectivity index (χ0n) is 10.6. The Balaban J connectivity index is 2.22. The second kappa shape index (κ2) is 6.63. The summed E-state index contributed by atoms with van der Waals surface area (Å²) in [6.45, 7) is 2.26. The first-order valence-corrected chi connectivity index (χ1v) is 5.76. The van der Waals surface area contributed by atoms with Crippen molar-refractivity contribution in [3.05, 3.63) is 11.9 Å². The number of aromatic nitrogens is 2. The molecule has 1 rings (SSSR count). The highest BCUT2D eigenvalue weighted by Crippen LogP contribution is 2.10. The van der Waals surface area contributed by atoms with E-state index in [2.05, 4.69) is 15.7 Å². The largest absolute Gasteiger partial charge is 0.481 e. The van der Waals surface area contributed by atoms with Crippen LogP contribution in [0.2, 0.25) is 0 Å². The number of urea groups is 1. The fourth-order valence-electron chi connectivity index (χ4n) is 1.49. The third-order valence-corrected chi connectivity index (χ3v) is 2.36. The predicted molar refractivity (Wildman–Crippen MR) is 66.5 cm³/mol. The summed E-state index contributed by atoms with van der Waals surface area (Å²) in [5, 5.41) is 17.9. The summed E-state index contributed by atoms with van der Waals surface area (Å²) in [4.78, 5) is 21.8. The topological polar surface area (TPSA) is 96.3 Å². The molecule has 0 aliphatic carbocycles. The van der Waals surface area contributed by atoms with Gasteiger partial charge < -0.3 is 15.7 Å². The number of aryl methyl sites for hydroxylation is 2. The first kappa shape index (κ1) is 14.0. The number of rotatable bonds is 6. The number of unbranched alkanes of at least 4 members (excludes halogenated alkanes) is 1. The Kier molecular flexibility index (Phi) is 5.16. The van der Waals surface area contributed by atoms with Gasteiger partial charge in [0.15, 0.2) is 0 Å². The van der Waals surface area contributed by atoms with Crippen molar-refractivity contribution in [2.75, 3.05) is 11.9 Å². The Morgan fingerprint density at radius 1 is 1.44 bits per heavy atom. The first-order valence-electron chi connectivity index (χ1n) is 5.76. The zero-order valence-corrected chi connectivity index (χ0v) is 10.6. The number of aliphatic carboxylic acids is 1. The van der Waals surface area contributed by atoms with Crippen LogP contribution in [0.15, 0.2) is 6.20 Å². The van der Waals surface area contributed by atoms with Gasteiger partial charge >= 0.3 is 12.0 Å². The Hall–Kier alpha value is -2.05. The van der Waals surface area contributed by atoms with Crippen molar-refractivity contribution < 1.29 is 14.7 Å². The molecule has 0 spiro atoms. The van der Waals surface area contributed by atoms with E-state index in [-0.39, 0.29) is 12.5 Å². The summed E-state index contributed by atoms with van der Waals surface area (Å²) < 4.78 is 1.62. The van der Waals surface area contributed by atoms with Crippen molar-refractivity contribution in [3.63, 3.8) is 0 Å². The summed E-state index contributed by atoms with van der Waals surface area (Å²) in [7, 11) is 1.78. The molecule has 18 heavy (non-hydrogen) atoms. The summed E-state index contributed by atoms with van der Waals surface area (Å²) >= 11 is 0. The van der Waals surface area contributed by atoms with Gasteiger partial charge in [0, 0.05) is 26.2 Å². The second-order valence-electron chi connectivity index (χ2n) is 4.03. The summed E-state index contributed by atoms with van der Waals surface area (Å²) in [6.07, 6.45) is 3.05. The minimum Gasteiger partial charge on any atom is -0.481 e. The predicted octanol–water partition coefficient (Wildman–Crippen LogP) is 1.10. The highest BCUT2D eigenvalue weighted by molar-refractivity contribution is 5.89. The molecule has 0 atom stereocenters. The number of nitrogens with zero attached hydrogens (tertiary/aromatic N) is 2. The molecular weight excluding hydrogens is 236 g/mol. The van der Waals surface area contributed by atoms with Gasteiger partial charge in [-0.2, -0.15) is 5.10 Å². The second-order valence-corrected chi connectivity index (χ2v) is 4.03. The SMILES string of the molecule is Cc1nn(C)cc1NC(=O)NCCCCC(=O)O. The Morgan fingerprint density at radius 2 is 2.17 bits per heavy atom. The standard InChI is InChI=1S/C11H18N4O3/c1-8-9(7-15(2)14-8)13-11(18)12-6-4-3-5-10(16)17/h7H,3-6H2,1-2H3,(H,16,17)(H2,12,13,18). The minimum absolute atomic E-state index is 0.130. The molecule has 0 saturated heterocycles. The van der Waals surface area contributed by atoms with E-state index in [0.717, 1.165) is 5.69 Å². The van der Waals surface area contributed by atoms with Gasteiger partial charge in [0.05, 0.1) is 11.4 Å². The van der Waals surface area contributed by atoms with Crippen LogP contribution in [0.5, 0.6) is 0 Å².